The Morgan fingerprint density at radius 3 is 2.50 bits per heavy atom. The Hall–Kier alpha value is -1.28. The maximum Gasteiger partial charge on any atom is 0.0961 e. The van der Waals surface area contributed by atoms with Crippen molar-refractivity contribution in [1.82, 2.24) is 0 Å². The fourth-order valence-electron chi connectivity index (χ4n) is 2.40. The lowest BCUT2D eigenvalue weighted by molar-refractivity contribution is 0.240. The monoisotopic (exact) mass is 247 g/mol. The van der Waals surface area contributed by atoms with Gasteiger partial charge < -0.3 is 10.5 Å². The summed E-state index contributed by atoms with van der Waals surface area (Å²) in [5.74, 6) is 1.64. The number of hydrogen-bond donors (Lipinski definition) is 1. The third-order valence-electron chi connectivity index (χ3n) is 3.45. The maximum absolute atomic E-state index is 5.55. The van der Waals surface area contributed by atoms with Crippen molar-refractivity contribution >= 4 is 0 Å². The van der Waals surface area contributed by atoms with Crippen molar-refractivity contribution < 1.29 is 4.74 Å². The Balaban J connectivity index is 2.76. The van der Waals surface area contributed by atoms with E-state index >= 15 is 0 Å². The van der Waals surface area contributed by atoms with Gasteiger partial charge in [0.25, 0.3) is 0 Å². The van der Waals surface area contributed by atoms with Crippen LogP contribution in [0.25, 0.3) is 0 Å². The first-order valence-corrected chi connectivity index (χ1v) is 6.68. The molecule has 18 heavy (non-hydrogen) atoms. The molecule has 0 fully saturated rings. The lowest BCUT2D eigenvalue weighted by Gasteiger charge is -2.25. The van der Waals surface area contributed by atoms with Crippen LogP contribution in [0.1, 0.15) is 37.7 Å². The molecule has 0 bridgehead atoms. The van der Waals surface area contributed by atoms with Crippen molar-refractivity contribution in [3.63, 3.8) is 0 Å². The van der Waals surface area contributed by atoms with Crippen LogP contribution in [0, 0.1) is 5.92 Å². The predicted octanol–water partition coefficient (Wildman–Crippen LogP) is 3.70. The molecule has 1 aromatic carbocycles. The first-order chi connectivity index (χ1) is 8.70. The summed E-state index contributed by atoms with van der Waals surface area (Å²) >= 11 is 0. The van der Waals surface area contributed by atoms with E-state index in [2.05, 4.69) is 37.8 Å². The van der Waals surface area contributed by atoms with Gasteiger partial charge in [0.1, 0.15) is 0 Å². The lowest BCUT2D eigenvalue weighted by atomic mass is 9.83. The third kappa shape index (κ3) is 4.19. The van der Waals surface area contributed by atoms with Crippen LogP contribution >= 0.6 is 0 Å². The molecular weight excluding hydrogens is 222 g/mol. The molecule has 0 aromatic heterocycles. The number of unbranched alkanes of at least 4 members (excludes halogenated alkanes) is 1. The van der Waals surface area contributed by atoms with Crippen LogP contribution in [-0.4, -0.2) is 13.7 Å². The van der Waals surface area contributed by atoms with E-state index in [0.29, 0.717) is 5.92 Å². The molecular formula is C16H25NO. The van der Waals surface area contributed by atoms with E-state index in [-0.39, 0.29) is 5.92 Å². The molecule has 2 atom stereocenters. The van der Waals surface area contributed by atoms with E-state index in [1.807, 2.05) is 6.07 Å². The number of methoxy groups -OCH3 is 1. The van der Waals surface area contributed by atoms with Gasteiger partial charge in [-0.1, -0.05) is 50.3 Å². The summed E-state index contributed by atoms with van der Waals surface area (Å²) in [6.07, 6.45) is 3.41. The number of benzene rings is 1. The van der Waals surface area contributed by atoms with Gasteiger partial charge in [-0.05, 0) is 30.9 Å². The van der Waals surface area contributed by atoms with Crippen molar-refractivity contribution in [2.45, 2.75) is 32.1 Å². The molecule has 0 radical (unpaired) electrons. The van der Waals surface area contributed by atoms with E-state index in [1.165, 1.54) is 5.56 Å². The van der Waals surface area contributed by atoms with Crippen LogP contribution in [0.15, 0.2) is 42.7 Å². The highest BCUT2D eigenvalue weighted by atomic mass is 16.5. The highest BCUT2D eigenvalue weighted by Crippen LogP contribution is 2.34. The Kier molecular flexibility index (Phi) is 6.51. The first-order valence-electron chi connectivity index (χ1n) is 6.68. The SMILES string of the molecule is C=C(OC)[C@@H](c1ccccc1)[C@@H](C)CCCCN. The Morgan fingerprint density at radius 1 is 1.28 bits per heavy atom. The van der Waals surface area contributed by atoms with Crippen molar-refractivity contribution in [2.75, 3.05) is 13.7 Å². The molecule has 0 heterocycles. The van der Waals surface area contributed by atoms with Crippen LogP contribution in [0.2, 0.25) is 0 Å². The van der Waals surface area contributed by atoms with Crippen LogP contribution in [-0.2, 0) is 4.74 Å². The summed E-state index contributed by atoms with van der Waals surface area (Å²) in [6.45, 7) is 7.09. The second-order valence-electron chi connectivity index (χ2n) is 4.82. The molecule has 0 aliphatic carbocycles. The van der Waals surface area contributed by atoms with E-state index in [9.17, 15) is 0 Å². The second kappa shape index (κ2) is 7.93. The van der Waals surface area contributed by atoms with Gasteiger partial charge in [0.2, 0.25) is 0 Å². The maximum atomic E-state index is 5.55. The molecule has 2 N–H and O–H groups in total. The van der Waals surface area contributed by atoms with Crippen LogP contribution in [0.5, 0.6) is 0 Å². The molecule has 2 nitrogen and oxygen atoms in total. The standard InChI is InChI=1S/C16H25NO/c1-13(9-7-8-12-17)16(14(2)18-3)15-10-5-4-6-11-15/h4-6,10-11,13,16H,2,7-9,12,17H2,1,3H3/t13-,16-/m0/s1. The zero-order valence-corrected chi connectivity index (χ0v) is 11.6. The summed E-state index contributed by atoms with van der Waals surface area (Å²) in [6, 6.07) is 10.5. The molecule has 0 saturated carbocycles. The van der Waals surface area contributed by atoms with Gasteiger partial charge >= 0.3 is 0 Å². The topological polar surface area (TPSA) is 35.2 Å². The number of allylic oxidation sites excluding steroid dienone is 1. The fourth-order valence-corrected chi connectivity index (χ4v) is 2.40. The Morgan fingerprint density at radius 2 is 1.94 bits per heavy atom. The predicted molar refractivity (Wildman–Crippen MR) is 77.4 cm³/mol. The van der Waals surface area contributed by atoms with Crippen LogP contribution in [0.3, 0.4) is 0 Å². The molecule has 0 saturated heterocycles. The Labute approximate surface area is 111 Å². The van der Waals surface area contributed by atoms with Crippen molar-refractivity contribution in [3.8, 4) is 0 Å². The Bertz CT molecular complexity index is 347. The van der Waals surface area contributed by atoms with Gasteiger partial charge in [-0.15, -0.1) is 0 Å². The first kappa shape index (κ1) is 14.8. The molecule has 2 heteroatoms. The van der Waals surface area contributed by atoms with Gasteiger partial charge in [0.05, 0.1) is 12.9 Å². The van der Waals surface area contributed by atoms with E-state index in [1.54, 1.807) is 7.11 Å². The zero-order chi connectivity index (χ0) is 13.4. The summed E-state index contributed by atoms with van der Waals surface area (Å²) in [4.78, 5) is 0. The minimum atomic E-state index is 0.272. The smallest absolute Gasteiger partial charge is 0.0961 e. The third-order valence-corrected chi connectivity index (χ3v) is 3.45. The number of rotatable bonds is 8. The summed E-state index contributed by atoms with van der Waals surface area (Å²) in [5.41, 5.74) is 6.83. The van der Waals surface area contributed by atoms with E-state index in [4.69, 9.17) is 10.5 Å². The van der Waals surface area contributed by atoms with Crippen molar-refractivity contribution in [2.24, 2.45) is 11.7 Å². The second-order valence-corrected chi connectivity index (χ2v) is 4.82. The number of ether oxygens (including phenoxy) is 1. The molecule has 0 spiro atoms. The molecule has 1 rings (SSSR count). The molecule has 1 aromatic rings. The number of hydrogen-bond acceptors (Lipinski definition) is 2. The van der Waals surface area contributed by atoms with Gasteiger partial charge in [-0.3, -0.25) is 0 Å². The van der Waals surface area contributed by atoms with E-state index < -0.39 is 0 Å². The summed E-state index contributed by atoms with van der Waals surface area (Å²) < 4.78 is 5.38. The number of nitrogens with two attached hydrogens (primary N) is 1. The zero-order valence-electron chi connectivity index (χ0n) is 11.6. The highest BCUT2D eigenvalue weighted by Gasteiger charge is 2.22. The van der Waals surface area contributed by atoms with E-state index in [0.717, 1.165) is 31.6 Å². The largest absolute Gasteiger partial charge is 0.501 e. The highest BCUT2D eigenvalue weighted by molar-refractivity contribution is 5.26. The van der Waals surface area contributed by atoms with Gasteiger partial charge in [-0.25, -0.2) is 0 Å². The average Bonchev–Trinajstić information content (AvgIpc) is 2.40. The molecule has 0 aliphatic heterocycles. The fraction of sp³-hybridized carbons (Fsp3) is 0.500. The summed E-state index contributed by atoms with van der Waals surface area (Å²) in [7, 11) is 1.70. The average molecular weight is 247 g/mol. The van der Waals surface area contributed by atoms with Gasteiger partial charge in [-0.2, -0.15) is 0 Å². The van der Waals surface area contributed by atoms with Crippen LogP contribution < -0.4 is 5.73 Å². The molecule has 0 unspecified atom stereocenters. The van der Waals surface area contributed by atoms with Gasteiger partial charge in [0, 0.05) is 5.92 Å². The quantitative estimate of drug-likeness (QED) is 0.561. The minimum Gasteiger partial charge on any atom is -0.501 e. The molecule has 100 valence electrons. The summed E-state index contributed by atoms with van der Waals surface area (Å²) in [5, 5.41) is 0. The normalized spacial score (nSPS) is 13.9. The van der Waals surface area contributed by atoms with Crippen molar-refractivity contribution in [1.29, 1.82) is 0 Å². The van der Waals surface area contributed by atoms with Gasteiger partial charge in [0.15, 0.2) is 0 Å². The van der Waals surface area contributed by atoms with Crippen molar-refractivity contribution in [3.05, 3.63) is 48.2 Å². The van der Waals surface area contributed by atoms with Crippen LogP contribution in [0.4, 0.5) is 0 Å². The lowest BCUT2D eigenvalue weighted by Crippen LogP contribution is -2.14. The molecule has 0 amide bonds. The minimum absolute atomic E-state index is 0.272. The molecule has 0 aliphatic rings.